The van der Waals surface area contributed by atoms with E-state index in [-0.39, 0.29) is 0 Å². The molecule has 0 aliphatic carbocycles. The average Bonchev–Trinajstić information content (AvgIpc) is 2.30. The summed E-state index contributed by atoms with van der Waals surface area (Å²) in [6.07, 6.45) is 5.24. The standard InChI is InChI=1S/C11H23N3O/c12-6-4-7-13-8-5-11(15)14-9-2-1-3-10-14/h13H,1-10,12H2. The highest BCUT2D eigenvalue weighted by atomic mass is 16.2. The van der Waals surface area contributed by atoms with Gasteiger partial charge in [0, 0.05) is 26.1 Å². The Bertz CT molecular complexity index is 179. The van der Waals surface area contributed by atoms with Gasteiger partial charge in [-0.25, -0.2) is 0 Å². The van der Waals surface area contributed by atoms with Gasteiger partial charge < -0.3 is 16.0 Å². The van der Waals surface area contributed by atoms with Crippen LogP contribution in [0.4, 0.5) is 0 Å². The molecule has 0 saturated carbocycles. The number of carbonyl (C=O) groups excluding carboxylic acids is 1. The van der Waals surface area contributed by atoms with Crippen molar-refractivity contribution < 1.29 is 4.79 Å². The highest BCUT2D eigenvalue weighted by Gasteiger charge is 2.15. The van der Waals surface area contributed by atoms with Crippen molar-refractivity contribution in [1.29, 1.82) is 0 Å². The molecule has 0 aromatic carbocycles. The lowest BCUT2D eigenvalue weighted by Crippen LogP contribution is -2.37. The van der Waals surface area contributed by atoms with Crippen LogP contribution in [0.3, 0.4) is 0 Å². The summed E-state index contributed by atoms with van der Waals surface area (Å²) in [4.78, 5) is 13.7. The molecule has 1 aliphatic rings. The van der Waals surface area contributed by atoms with Crippen LogP contribution in [0.25, 0.3) is 0 Å². The summed E-state index contributed by atoms with van der Waals surface area (Å²) in [7, 11) is 0. The molecule has 1 saturated heterocycles. The molecule has 0 unspecified atom stereocenters. The predicted molar refractivity (Wildman–Crippen MR) is 61.6 cm³/mol. The molecule has 1 aliphatic heterocycles. The maximum absolute atomic E-state index is 11.7. The molecule has 3 N–H and O–H groups in total. The van der Waals surface area contributed by atoms with Gasteiger partial charge >= 0.3 is 0 Å². The molecule has 0 spiro atoms. The van der Waals surface area contributed by atoms with Crippen LogP contribution >= 0.6 is 0 Å². The Hall–Kier alpha value is -0.610. The quantitative estimate of drug-likeness (QED) is 0.625. The maximum atomic E-state index is 11.7. The molecular weight excluding hydrogens is 190 g/mol. The Balaban J connectivity index is 2.02. The van der Waals surface area contributed by atoms with Crippen molar-refractivity contribution in [2.45, 2.75) is 32.1 Å². The van der Waals surface area contributed by atoms with Crippen LogP contribution in [0.15, 0.2) is 0 Å². The number of hydrogen-bond donors (Lipinski definition) is 2. The lowest BCUT2D eigenvalue weighted by atomic mass is 10.1. The van der Waals surface area contributed by atoms with E-state index in [0.717, 1.165) is 32.6 Å². The molecule has 0 aromatic rings. The minimum Gasteiger partial charge on any atom is -0.343 e. The van der Waals surface area contributed by atoms with Gasteiger partial charge in [-0.1, -0.05) is 0 Å². The SMILES string of the molecule is NCCCNCCC(=O)N1CCCCC1. The van der Waals surface area contributed by atoms with E-state index in [9.17, 15) is 4.79 Å². The Morgan fingerprint density at radius 1 is 1.20 bits per heavy atom. The van der Waals surface area contributed by atoms with Crippen molar-refractivity contribution in [2.75, 3.05) is 32.7 Å². The molecule has 1 rings (SSSR count). The van der Waals surface area contributed by atoms with Crippen molar-refractivity contribution in [1.82, 2.24) is 10.2 Å². The van der Waals surface area contributed by atoms with Gasteiger partial charge in [-0.2, -0.15) is 0 Å². The normalized spacial score (nSPS) is 16.7. The fourth-order valence-corrected chi connectivity index (χ4v) is 1.85. The topological polar surface area (TPSA) is 58.4 Å². The first-order valence-electron chi connectivity index (χ1n) is 6.03. The third-order valence-corrected chi connectivity index (χ3v) is 2.78. The van der Waals surface area contributed by atoms with Crippen molar-refractivity contribution >= 4 is 5.91 Å². The van der Waals surface area contributed by atoms with Gasteiger partial charge in [-0.05, 0) is 38.8 Å². The fraction of sp³-hybridized carbons (Fsp3) is 0.909. The number of likely N-dealkylation sites (tertiary alicyclic amines) is 1. The molecule has 4 heteroatoms. The van der Waals surface area contributed by atoms with Gasteiger partial charge in [0.05, 0.1) is 0 Å². The summed E-state index contributed by atoms with van der Waals surface area (Å²) in [5.74, 6) is 0.301. The number of rotatable bonds is 6. The molecule has 1 heterocycles. The third kappa shape index (κ3) is 5.14. The highest BCUT2D eigenvalue weighted by molar-refractivity contribution is 5.76. The number of nitrogens with one attached hydrogen (secondary N) is 1. The van der Waals surface area contributed by atoms with Crippen LogP contribution in [0.1, 0.15) is 32.1 Å². The Morgan fingerprint density at radius 3 is 2.60 bits per heavy atom. The van der Waals surface area contributed by atoms with Crippen LogP contribution < -0.4 is 11.1 Å². The molecule has 1 amide bonds. The number of carbonyl (C=O) groups is 1. The van der Waals surface area contributed by atoms with Crippen LogP contribution in [-0.4, -0.2) is 43.5 Å². The second kappa shape index (κ2) is 7.65. The molecule has 0 radical (unpaired) electrons. The van der Waals surface area contributed by atoms with Gasteiger partial charge in [0.1, 0.15) is 0 Å². The minimum absolute atomic E-state index is 0.301. The van der Waals surface area contributed by atoms with Crippen molar-refractivity contribution in [3.05, 3.63) is 0 Å². The van der Waals surface area contributed by atoms with Crippen molar-refractivity contribution in [3.63, 3.8) is 0 Å². The second-order valence-corrected chi connectivity index (χ2v) is 4.08. The zero-order valence-electron chi connectivity index (χ0n) is 9.50. The summed E-state index contributed by atoms with van der Waals surface area (Å²) >= 11 is 0. The van der Waals surface area contributed by atoms with Gasteiger partial charge in [0.2, 0.25) is 5.91 Å². The van der Waals surface area contributed by atoms with E-state index in [1.165, 1.54) is 19.3 Å². The molecule has 0 aromatic heterocycles. The molecule has 4 nitrogen and oxygen atoms in total. The summed E-state index contributed by atoms with van der Waals surface area (Å²) in [5.41, 5.74) is 5.37. The number of piperidine rings is 1. The molecule has 1 fully saturated rings. The molecule has 0 bridgehead atoms. The summed E-state index contributed by atoms with van der Waals surface area (Å²) in [6.45, 7) is 4.34. The monoisotopic (exact) mass is 213 g/mol. The van der Waals surface area contributed by atoms with Crippen molar-refractivity contribution in [3.8, 4) is 0 Å². The molecule has 15 heavy (non-hydrogen) atoms. The van der Waals surface area contributed by atoms with Gasteiger partial charge in [0.25, 0.3) is 0 Å². The highest BCUT2D eigenvalue weighted by Crippen LogP contribution is 2.09. The first-order valence-corrected chi connectivity index (χ1v) is 6.03. The fourth-order valence-electron chi connectivity index (χ4n) is 1.85. The zero-order chi connectivity index (χ0) is 10.9. The zero-order valence-corrected chi connectivity index (χ0v) is 9.50. The van der Waals surface area contributed by atoms with Gasteiger partial charge in [-0.3, -0.25) is 4.79 Å². The van der Waals surface area contributed by atoms with E-state index in [4.69, 9.17) is 5.73 Å². The number of amides is 1. The second-order valence-electron chi connectivity index (χ2n) is 4.08. The average molecular weight is 213 g/mol. The smallest absolute Gasteiger partial charge is 0.223 e. The third-order valence-electron chi connectivity index (χ3n) is 2.78. The first-order chi connectivity index (χ1) is 7.34. The van der Waals surface area contributed by atoms with Gasteiger partial charge in [-0.15, -0.1) is 0 Å². The van der Waals surface area contributed by atoms with E-state index >= 15 is 0 Å². The lowest BCUT2D eigenvalue weighted by Gasteiger charge is -2.26. The Labute approximate surface area is 92.2 Å². The Morgan fingerprint density at radius 2 is 1.93 bits per heavy atom. The van der Waals surface area contributed by atoms with Crippen LogP contribution in [0.2, 0.25) is 0 Å². The number of nitrogens with zero attached hydrogens (tertiary/aromatic N) is 1. The number of nitrogens with two attached hydrogens (primary N) is 1. The van der Waals surface area contributed by atoms with Crippen LogP contribution in [0, 0.1) is 0 Å². The molecular formula is C11H23N3O. The first kappa shape index (κ1) is 12.5. The molecule has 88 valence electrons. The Kier molecular flexibility index (Phi) is 6.36. The summed E-state index contributed by atoms with van der Waals surface area (Å²) in [6, 6.07) is 0. The van der Waals surface area contributed by atoms with E-state index in [0.29, 0.717) is 18.9 Å². The van der Waals surface area contributed by atoms with Crippen LogP contribution in [-0.2, 0) is 4.79 Å². The predicted octanol–water partition coefficient (Wildman–Crippen LogP) is 0.327. The van der Waals surface area contributed by atoms with E-state index < -0.39 is 0 Å². The van der Waals surface area contributed by atoms with Gasteiger partial charge in [0.15, 0.2) is 0 Å². The molecule has 0 atom stereocenters. The van der Waals surface area contributed by atoms with E-state index in [2.05, 4.69) is 5.32 Å². The van der Waals surface area contributed by atoms with E-state index in [1.807, 2.05) is 4.90 Å². The van der Waals surface area contributed by atoms with E-state index in [1.54, 1.807) is 0 Å². The largest absolute Gasteiger partial charge is 0.343 e. The summed E-state index contributed by atoms with van der Waals surface area (Å²) in [5, 5.41) is 3.23. The van der Waals surface area contributed by atoms with Crippen molar-refractivity contribution in [2.24, 2.45) is 5.73 Å². The summed E-state index contributed by atoms with van der Waals surface area (Å²) < 4.78 is 0. The minimum atomic E-state index is 0.301. The lowest BCUT2D eigenvalue weighted by molar-refractivity contribution is -0.131. The maximum Gasteiger partial charge on any atom is 0.223 e. The van der Waals surface area contributed by atoms with Crippen LogP contribution in [0.5, 0.6) is 0 Å². The number of hydrogen-bond acceptors (Lipinski definition) is 3.